The first kappa shape index (κ1) is 12.1. The van der Waals surface area contributed by atoms with Crippen molar-refractivity contribution in [2.75, 3.05) is 14.2 Å². The molecule has 17 heavy (non-hydrogen) atoms. The highest BCUT2D eigenvalue weighted by Gasteiger charge is 2.34. The molecule has 0 aromatic heterocycles. The van der Waals surface area contributed by atoms with E-state index in [2.05, 4.69) is 17.4 Å². The minimum atomic E-state index is -0.0415. The summed E-state index contributed by atoms with van der Waals surface area (Å²) in [5.41, 5.74) is 1.20. The molecule has 0 amide bonds. The molecule has 0 bridgehead atoms. The number of hydrogen-bond donors (Lipinski definition) is 1. The van der Waals surface area contributed by atoms with Gasteiger partial charge >= 0.3 is 0 Å². The lowest BCUT2D eigenvalue weighted by atomic mass is 9.76. The van der Waals surface area contributed by atoms with E-state index >= 15 is 0 Å². The highest BCUT2D eigenvalue weighted by Crippen LogP contribution is 2.36. The normalized spacial score (nSPS) is 19.1. The van der Waals surface area contributed by atoms with E-state index in [1.807, 2.05) is 19.2 Å². The largest absolute Gasteiger partial charge is 0.497 e. The van der Waals surface area contributed by atoms with E-state index in [0.29, 0.717) is 18.6 Å². The molecule has 3 nitrogen and oxygen atoms in total. The van der Waals surface area contributed by atoms with Crippen molar-refractivity contribution >= 4 is 5.78 Å². The van der Waals surface area contributed by atoms with Crippen LogP contribution in [0.1, 0.15) is 31.2 Å². The average Bonchev–Trinajstić information content (AvgIpc) is 2.40. The summed E-state index contributed by atoms with van der Waals surface area (Å²) < 4.78 is 5.17. The first-order valence-corrected chi connectivity index (χ1v) is 6.05. The van der Waals surface area contributed by atoms with Crippen molar-refractivity contribution in [3.05, 3.63) is 29.8 Å². The number of rotatable bonds is 3. The van der Waals surface area contributed by atoms with Crippen LogP contribution in [0, 0.1) is 0 Å². The van der Waals surface area contributed by atoms with Gasteiger partial charge in [0.2, 0.25) is 0 Å². The van der Waals surface area contributed by atoms with E-state index in [1.165, 1.54) is 5.56 Å². The van der Waals surface area contributed by atoms with E-state index < -0.39 is 0 Å². The Morgan fingerprint density at radius 2 is 1.76 bits per heavy atom. The van der Waals surface area contributed by atoms with Crippen LogP contribution in [0.4, 0.5) is 0 Å². The van der Waals surface area contributed by atoms with Crippen molar-refractivity contribution in [1.29, 1.82) is 0 Å². The lowest BCUT2D eigenvalue weighted by Gasteiger charge is -2.37. The van der Waals surface area contributed by atoms with E-state index in [-0.39, 0.29) is 5.54 Å². The molecular weight excluding hydrogens is 214 g/mol. The molecule has 2 rings (SSSR count). The number of Topliss-reactive ketones (excluding diaryl/α,β-unsaturated/α-hetero) is 1. The molecule has 92 valence electrons. The Hall–Kier alpha value is -1.35. The van der Waals surface area contributed by atoms with Crippen LogP contribution in [0.15, 0.2) is 24.3 Å². The number of ketones is 1. The molecule has 1 aromatic carbocycles. The van der Waals surface area contributed by atoms with Gasteiger partial charge in [0.1, 0.15) is 11.5 Å². The van der Waals surface area contributed by atoms with Gasteiger partial charge in [0.25, 0.3) is 0 Å². The van der Waals surface area contributed by atoms with Gasteiger partial charge in [0, 0.05) is 18.4 Å². The SMILES string of the molecule is CNC1(c2ccc(OC)cc2)CCC(=O)CC1. The zero-order valence-corrected chi connectivity index (χ0v) is 10.5. The number of carbonyl (C=O) groups excluding carboxylic acids is 1. The number of benzene rings is 1. The monoisotopic (exact) mass is 233 g/mol. The van der Waals surface area contributed by atoms with E-state index in [4.69, 9.17) is 4.74 Å². The zero-order chi connectivity index (χ0) is 12.3. The topological polar surface area (TPSA) is 38.3 Å². The molecule has 1 aromatic rings. The van der Waals surface area contributed by atoms with E-state index in [9.17, 15) is 4.79 Å². The van der Waals surface area contributed by atoms with Gasteiger partial charge in [-0.3, -0.25) is 4.79 Å². The van der Waals surface area contributed by atoms with Crippen LogP contribution < -0.4 is 10.1 Å². The third-order valence-corrected chi connectivity index (χ3v) is 3.78. The van der Waals surface area contributed by atoms with Crippen molar-refractivity contribution in [1.82, 2.24) is 5.32 Å². The van der Waals surface area contributed by atoms with Gasteiger partial charge in [-0.1, -0.05) is 12.1 Å². The first-order valence-electron chi connectivity index (χ1n) is 6.05. The predicted octanol–water partition coefficient (Wildman–Crippen LogP) is 2.25. The maximum Gasteiger partial charge on any atom is 0.133 e. The minimum Gasteiger partial charge on any atom is -0.497 e. The van der Waals surface area contributed by atoms with Crippen LogP contribution in [0.25, 0.3) is 0 Å². The Kier molecular flexibility index (Phi) is 3.48. The lowest BCUT2D eigenvalue weighted by molar-refractivity contribution is -0.121. The number of nitrogens with one attached hydrogen (secondary N) is 1. The molecular formula is C14H19NO2. The molecule has 3 heteroatoms. The standard InChI is InChI=1S/C14H19NO2/c1-15-14(9-7-12(16)8-10-14)11-3-5-13(17-2)6-4-11/h3-6,15H,7-10H2,1-2H3. The lowest BCUT2D eigenvalue weighted by Crippen LogP contribution is -2.43. The number of hydrogen-bond acceptors (Lipinski definition) is 3. The van der Waals surface area contributed by atoms with Crippen molar-refractivity contribution in [2.45, 2.75) is 31.2 Å². The summed E-state index contributed by atoms with van der Waals surface area (Å²) in [5, 5.41) is 3.40. The Balaban J connectivity index is 2.24. The summed E-state index contributed by atoms with van der Waals surface area (Å²) in [4.78, 5) is 11.4. The van der Waals surface area contributed by atoms with Crippen LogP contribution in [-0.4, -0.2) is 19.9 Å². The van der Waals surface area contributed by atoms with Crippen LogP contribution in [0.2, 0.25) is 0 Å². The molecule has 1 fully saturated rings. The summed E-state index contributed by atoms with van der Waals surface area (Å²) in [7, 11) is 3.64. The summed E-state index contributed by atoms with van der Waals surface area (Å²) in [6.45, 7) is 0. The van der Waals surface area contributed by atoms with Gasteiger partial charge in [-0.05, 0) is 37.6 Å². The highest BCUT2D eigenvalue weighted by atomic mass is 16.5. The van der Waals surface area contributed by atoms with Gasteiger partial charge in [0.05, 0.1) is 7.11 Å². The number of carbonyl (C=O) groups is 1. The van der Waals surface area contributed by atoms with Crippen LogP contribution in [0.3, 0.4) is 0 Å². The zero-order valence-electron chi connectivity index (χ0n) is 10.5. The van der Waals surface area contributed by atoms with Gasteiger partial charge in [-0.15, -0.1) is 0 Å². The summed E-state index contributed by atoms with van der Waals surface area (Å²) >= 11 is 0. The maximum absolute atomic E-state index is 11.4. The fraction of sp³-hybridized carbons (Fsp3) is 0.500. The maximum atomic E-state index is 11.4. The Labute approximate surface area is 102 Å². The summed E-state index contributed by atoms with van der Waals surface area (Å²) in [6, 6.07) is 8.13. The van der Waals surface area contributed by atoms with Gasteiger partial charge in [0.15, 0.2) is 0 Å². The Bertz CT molecular complexity index is 387. The second kappa shape index (κ2) is 4.88. The third-order valence-electron chi connectivity index (χ3n) is 3.78. The smallest absolute Gasteiger partial charge is 0.133 e. The molecule has 0 radical (unpaired) electrons. The molecule has 0 atom stereocenters. The van der Waals surface area contributed by atoms with Crippen molar-refractivity contribution in [2.24, 2.45) is 0 Å². The molecule has 0 aliphatic heterocycles. The Morgan fingerprint density at radius 1 is 1.18 bits per heavy atom. The molecule has 0 heterocycles. The molecule has 1 aliphatic rings. The molecule has 1 saturated carbocycles. The van der Waals surface area contributed by atoms with Crippen LogP contribution in [-0.2, 0) is 10.3 Å². The second-order valence-corrected chi connectivity index (χ2v) is 4.60. The van der Waals surface area contributed by atoms with E-state index in [0.717, 1.165) is 18.6 Å². The quantitative estimate of drug-likeness (QED) is 0.870. The summed E-state index contributed by atoms with van der Waals surface area (Å²) in [6.07, 6.45) is 3.11. The predicted molar refractivity (Wildman–Crippen MR) is 67.2 cm³/mol. The number of ether oxygens (including phenoxy) is 1. The van der Waals surface area contributed by atoms with Crippen molar-refractivity contribution < 1.29 is 9.53 Å². The second-order valence-electron chi connectivity index (χ2n) is 4.60. The first-order chi connectivity index (χ1) is 8.20. The van der Waals surface area contributed by atoms with Crippen LogP contribution in [0.5, 0.6) is 5.75 Å². The van der Waals surface area contributed by atoms with Gasteiger partial charge < -0.3 is 10.1 Å². The van der Waals surface area contributed by atoms with Crippen molar-refractivity contribution in [3.63, 3.8) is 0 Å². The fourth-order valence-corrected chi connectivity index (χ4v) is 2.55. The van der Waals surface area contributed by atoms with Crippen molar-refractivity contribution in [3.8, 4) is 5.75 Å². The van der Waals surface area contributed by atoms with E-state index in [1.54, 1.807) is 7.11 Å². The molecule has 0 saturated heterocycles. The Morgan fingerprint density at radius 3 is 2.24 bits per heavy atom. The molecule has 0 unspecified atom stereocenters. The molecule has 1 N–H and O–H groups in total. The average molecular weight is 233 g/mol. The minimum absolute atomic E-state index is 0.0415. The number of methoxy groups -OCH3 is 1. The third kappa shape index (κ3) is 2.34. The molecule has 0 spiro atoms. The summed E-state index contributed by atoms with van der Waals surface area (Å²) in [5.74, 6) is 1.25. The fourth-order valence-electron chi connectivity index (χ4n) is 2.55. The van der Waals surface area contributed by atoms with Gasteiger partial charge in [-0.2, -0.15) is 0 Å². The van der Waals surface area contributed by atoms with Crippen LogP contribution >= 0.6 is 0 Å². The molecule has 1 aliphatic carbocycles. The highest BCUT2D eigenvalue weighted by molar-refractivity contribution is 5.79. The van der Waals surface area contributed by atoms with Gasteiger partial charge in [-0.25, -0.2) is 0 Å².